The normalized spacial score (nSPS) is 8.47. The Morgan fingerprint density at radius 2 is 0.368 bits per heavy atom. The van der Waals surface area contributed by atoms with E-state index in [9.17, 15) is 17.6 Å². The minimum atomic E-state index is -4.00. The highest BCUT2D eigenvalue weighted by Gasteiger charge is 2.15. The van der Waals surface area contributed by atoms with E-state index in [2.05, 4.69) is 44.0 Å². The van der Waals surface area contributed by atoms with E-state index in [1.54, 1.807) is 14.2 Å². The first kappa shape index (κ1) is 72.7. The van der Waals surface area contributed by atoms with E-state index in [-0.39, 0.29) is 6.92 Å². The number of alkyl halides is 5. The van der Waals surface area contributed by atoms with Gasteiger partial charge in [0.2, 0.25) is 0 Å². The summed E-state index contributed by atoms with van der Waals surface area (Å²) in [5.74, 6) is 0. The van der Waals surface area contributed by atoms with Crippen LogP contribution in [-0.4, -0.2) is 34.0 Å². The fraction of sp³-hybridized carbons (Fsp3) is 0.236. The Bertz CT molecular complexity index is 1530. The number of halogens is 5. The standard InChI is InChI=1S/7C6H7N.C5H12.C2H3F3.C2H6O.C2H6.CH3Cl.CH3F/c7*7-6-4-2-1-3-5-6;1-5(2,3)4;1-2(3,4)5;1-3-2;3*1-2/h7*1-5H,7H2;1-4H3;1H3;1-2H3;1-2H3;2*1H3. The topological polar surface area (TPSA) is 191 Å². The van der Waals surface area contributed by atoms with Gasteiger partial charge in [-0.25, -0.2) is 0 Å². The zero-order valence-corrected chi connectivity index (χ0v) is 42.8. The van der Waals surface area contributed by atoms with Crippen molar-refractivity contribution in [3.63, 3.8) is 0 Å². The first-order valence-electron chi connectivity index (χ1n) is 21.0. The highest BCUT2D eigenvalue weighted by molar-refractivity contribution is 6.15. The van der Waals surface area contributed by atoms with E-state index in [0.29, 0.717) is 12.6 Å². The highest BCUT2D eigenvalue weighted by atomic mass is 35.5. The third kappa shape index (κ3) is 82.8. The molecule has 0 aliphatic heterocycles. The van der Waals surface area contributed by atoms with E-state index >= 15 is 0 Å². The summed E-state index contributed by atoms with van der Waals surface area (Å²) >= 11 is 4.64. The number of hydrogen-bond acceptors (Lipinski definition) is 8. The molecule has 0 spiro atoms. The van der Waals surface area contributed by atoms with Crippen LogP contribution in [0, 0.1) is 5.41 Å². The molecule has 0 aliphatic carbocycles. The number of ether oxygens (including phenoxy) is 1. The summed E-state index contributed by atoms with van der Waals surface area (Å²) in [5.41, 5.74) is 43.8. The predicted molar refractivity (Wildman–Crippen MR) is 296 cm³/mol. The molecule has 0 aliphatic rings. The van der Waals surface area contributed by atoms with Crippen molar-refractivity contribution in [2.45, 2.75) is 54.6 Å². The van der Waals surface area contributed by atoms with Crippen LogP contribution >= 0.6 is 11.6 Å². The van der Waals surface area contributed by atoms with Crippen LogP contribution in [0.15, 0.2) is 212 Å². The van der Waals surface area contributed by atoms with Crippen LogP contribution in [-0.2, 0) is 4.74 Å². The zero-order valence-electron chi connectivity index (χ0n) is 42.0. The monoisotopic (exact) mass is 968 g/mol. The Hall–Kier alpha value is -6.89. The van der Waals surface area contributed by atoms with Gasteiger partial charge in [-0.15, -0.1) is 11.6 Å². The third-order valence-corrected chi connectivity index (χ3v) is 5.60. The molecule has 0 heterocycles. The van der Waals surface area contributed by atoms with Crippen LogP contribution in [0.3, 0.4) is 0 Å². The predicted octanol–water partition coefficient (Wildman–Crippen LogP) is 15.2. The molecule has 0 radical (unpaired) electrons. The summed E-state index contributed by atoms with van der Waals surface area (Å²) in [7, 11) is 3.75. The fourth-order valence-corrected chi connectivity index (χ4v) is 3.17. The van der Waals surface area contributed by atoms with Crippen molar-refractivity contribution in [3.05, 3.63) is 212 Å². The van der Waals surface area contributed by atoms with Crippen molar-refractivity contribution >= 4 is 51.4 Å². The van der Waals surface area contributed by atoms with E-state index < -0.39 is 6.18 Å². The Morgan fingerprint density at radius 3 is 0.397 bits per heavy atom. The molecule has 0 fully saturated rings. The lowest BCUT2D eigenvalue weighted by atomic mass is 10.0. The number of benzene rings is 7. The van der Waals surface area contributed by atoms with Gasteiger partial charge in [-0.2, -0.15) is 13.2 Å². The summed E-state index contributed by atoms with van der Waals surface area (Å²) in [6, 6.07) is 66.4. The van der Waals surface area contributed by atoms with Crippen molar-refractivity contribution in [1.29, 1.82) is 0 Å². The largest absolute Gasteiger partial charge is 0.399 e. The van der Waals surface area contributed by atoms with Gasteiger partial charge < -0.3 is 44.9 Å². The van der Waals surface area contributed by atoms with Crippen LogP contribution < -0.4 is 40.1 Å². The van der Waals surface area contributed by atoms with Crippen LogP contribution in [0.4, 0.5) is 57.4 Å². The Labute approximate surface area is 412 Å². The van der Waals surface area contributed by atoms with Gasteiger partial charge in [0.1, 0.15) is 0 Å². The molecule has 0 atom stereocenters. The van der Waals surface area contributed by atoms with Gasteiger partial charge in [0.25, 0.3) is 0 Å². The third-order valence-electron chi connectivity index (χ3n) is 5.60. The van der Waals surface area contributed by atoms with Crippen molar-refractivity contribution < 1.29 is 22.3 Å². The Morgan fingerprint density at radius 1 is 0.309 bits per heavy atom. The number of hydrogen-bond donors (Lipinski definition) is 7. The van der Waals surface area contributed by atoms with Crippen LogP contribution in [0.1, 0.15) is 48.5 Å². The van der Waals surface area contributed by atoms with E-state index in [1.165, 1.54) is 6.38 Å². The van der Waals surface area contributed by atoms with Gasteiger partial charge in [-0.05, 0) is 90.3 Å². The van der Waals surface area contributed by atoms with Crippen molar-refractivity contribution in [1.82, 2.24) is 0 Å². The van der Waals surface area contributed by atoms with Crippen LogP contribution in [0.25, 0.3) is 0 Å². The molecule has 7 rings (SSSR count). The number of para-hydroxylation sites is 7. The number of anilines is 7. The van der Waals surface area contributed by atoms with Crippen molar-refractivity contribution in [2.24, 2.45) is 5.41 Å². The first-order valence-corrected chi connectivity index (χ1v) is 21.8. The van der Waals surface area contributed by atoms with Crippen molar-refractivity contribution in [3.8, 4) is 0 Å². The van der Waals surface area contributed by atoms with Gasteiger partial charge in [0.05, 0.1) is 7.18 Å². The maximum atomic E-state index is 10.4. The molecule has 0 saturated carbocycles. The van der Waals surface area contributed by atoms with Crippen LogP contribution in [0.2, 0.25) is 0 Å². The Kier molecular flexibility index (Phi) is 58.2. The van der Waals surface area contributed by atoms with Gasteiger partial charge in [-0.3, -0.25) is 4.39 Å². The second-order valence-corrected chi connectivity index (χ2v) is 14.1. The molecule has 0 bridgehead atoms. The highest BCUT2D eigenvalue weighted by Crippen LogP contribution is 2.10. The maximum absolute atomic E-state index is 10.4. The quantitative estimate of drug-likeness (QED) is 0.0444. The molecule has 68 heavy (non-hydrogen) atoms. The summed E-state index contributed by atoms with van der Waals surface area (Å²) in [6.07, 6.45) is -2.53. The summed E-state index contributed by atoms with van der Waals surface area (Å²) in [6.45, 7) is 12.9. The molecule has 0 amide bonds. The molecule has 0 aromatic heterocycles. The van der Waals surface area contributed by atoms with Gasteiger partial charge in [-0.1, -0.05) is 169 Å². The van der Waals surface area contributed by atoms with Gasteiger partial charge >= 0.3 is 6.18 Å². The number of methoxy groups -OCH3 is 1. The fourth-order valence-electron chi connectivity index (χ4n) is 3.17. The molecule has 0 saturated heterocycles. The minimum Gasteiger partial charge on any atom is -0.399 e. The maximum Gasteiger partial charge on any atom is 0.386 e. The van der Waals surface area contributed by atoms with E-state index in [0.717, 1.165) is 39.8 Å². The lowest BCUT2D eigenvalue weighted by molar-refractivity contribution is -0.110. The molecule has 14 N–H and O–H groups in total. The lowest BCUT2D eigenvalue weighted by Gasteiger charge is -2.05. The second kappa shape index (κ2) is 54.4. The van der Waals surface area contributed by atoms with Gasteiger partial charge in [0, 0.05) is 67.3 Å². The molecule has 7 aromatic carbocycles. The summed E-state index contributed by atoms with van der Waals surface area (Å²) in [5, 5.41) is 0. The van der Waals surface area contributed by atoms with Gasteiger partial charge in [0.15, 0.2) is 0 Å². The lowest BCUT2D eigenvalue weighted by Crippen LogP contribution is -1.95. The number of nitrogen functional groups attached to an aromatic ring is 7. The number of rotatable bonds is 0. The molecule has 378 valence electrons. The Balaban J connectivity index is -0.000000156. The second-order valence-electron chi connectivity index (χ2n) is 14.1. The zero-order chi connectivity index (χ0) is 53.5. The SMILES string of the molecule is CC.CC(C)(C)C.CC(F)(F)F.CCl.CF.COC.Nc1ccccc1.Nc1ccccc1.Nc1ccccc1.Nc1ccccc1.Nc1ccccc1.Nc1ccccc1.Nc1ccccc1. The molecule has 7 aromatic rings. The summed E-state index contributed by atoms with van der Waals surface area (Å²) < 4.78 is 44.8. The molecular formula is C55H82ClF4N7O. The molecular weight excluding hydrogens is 886 g/mol. The van der Waals surface area contributed by atoms with Crippen LogP contribution in [0.5, 0.6) is 0 Å². The minimum absolute atomic E-state index is 0.188. The van der Waals surface area contributed by atoms with Crippen molar-refractivity contribution in [2.75, 3.05) is 67.9 Å². The smallest absolute Gasteiger partial charge is 0.386 e. The average Bonchev–Trinajstić information content (AvgIpc) is 3.31. The average molecular weight is 969 g/mol. The molecule has 0 unspecified atom stereocenters. The number of nitrogens with two attached hydrogens (primary N) is 7. The van der Waals surface area contributed by atoms with E-state index in [1.807, 2.05) is 226 Å². The first-order chi connectivity index (χ1) is 32.2. The van der Waals surface area contributed by atoms with E-state index in [4.69, 9.17) is 40.1 Å². The molecule has 13 heteroatoms. The summed E-state index contributed by atoms with van der Waals surface area (Å²) in [4.78, 5) is 0. The molecule has 8 nitrogen and oxygen atoms in total.